The third-order valence-corrected chi connectivity index (χ3v) is 4.04. The largest absolute Gasteiger partial charge is 0.455 e. The molecular formula is C14H15BrN2O3S. The van der Waals surface area contributed by atoms with E-state index in [1.165, 1.54) is 11.8 Å². The maximum atomic E-state index is 11.7. The predicted molar refractivity (Wildman–Crippen MR) is 83.0 cm³/mol. The summed E-state index contributed by atoms with van der Waals surface area (Å²) in [6.45, 7) is 3.95. The average molecular weight is 371 g/mol. The minimum Gasteiger partial charge on any atom is -0.455 e. The first kappa shape index (κ1) is 16.0. The van der Waals surface area contributed by atoms with Gasteiger partial charge >= 0.3 is 5.97 Å². The second-order valence-corrected chi connectivity index (χ2v) is 6.57. The smallest absolute Gasteiger partial charge is 0.316 e. The Morgan fingerprint density at radius 1 is 1.38 bits per heavy atom. The maximum absolute atomic E-state index is 11.7. The zero-order valence-electron chi connectivity index (χ0n) is 11.7. The molecule has 0 spiro atoms. The summed E-state index contributed by atoms with van der Waals surface area (Å²) in [5.74, 6) is 1.05. The van der Waals surface area contributed by atoms with Gasteiger partial charge in [-0.05, 0) is 24.3 Å². The molecule has 0 aliphatic heterocycles. The Morgan fingerprint density at radius 3 is 2.71 bits per heavy atom. The summed E-state index contributed by atoms with van der Waals surface area (Å²) < 4.78 is 11.1. The van der Waals surface area contributed by atoms with Crippen molar-refractivity contribution in [1.29, 1.82) is 0 Å². The second-order valence-electron chi connectivity index (χ2n) is 4.60. The van der Waals surface area contributed by atoms with Gasteiger partial charge in [0.2, 0.25) is 0 Å². The standard InChI is InChI=1S/C14H15BrN2O3S/c1-9(2)14-16-12(20-17-14)7-19-13(18)8-21-11-5-3-10(15)4-6-11/h3-6,9H,7-8H2,1-2H3. The lowest BCUT2D eigenvalue weighted by molar-refractivity contribution is -0.142. The number of thioether (sulfide) groups is 1. The van der Waals surface area contributed by atoms with E-state index in [9.17, 15) is 4.79 Å². The summed E-state index contributed by atoms with van der Waals surface area (Å²) in [7, 11) is 0. The minimum absolute atomic E-state index is 0.0133. The molecule has 0 bridgehead atoms. The van der Waals surface area contributed by atoms with Crippen LogP contribution in [-0.2, 0) is 16.1 Å². The monoisotopic (exact) mass is 370 g/mol. The molecule has 7 heteroatoms. The summed E-state index contributed by atoms with van der Waals surface area (Å²) in [6, 6.07) is 7.74. The number of halogens is 1. The molecule has 2 rings (SSSR count). The summed E-state index contributed by atoms with van der Waals surface area (Å²) in [5, 5.41) is 3.81. The van der Waals surface area contributed by atoms with Crippen LogP contribution in [0.1, 0.15) is 31.5 Å². The molecule has 0 aliphatic carbocycles. The van der Waals surface area contributed by atoms with Crippen molar-refractivity contribution in [3.8, 4) is 0 Å². The van der Waals surface area contributed by atoms with Gasteiger partial charge in [-0.25, -0.2) is 0 Å². The highest BCUT2D eigenvalue weighted by atomic mass is 79.9. The fourth-order valence-electron chi connectivity index (χ4n) is 1.42. The number of esters is 1. The van der Waals surface area contributed by atoms with Crippen LogP contribution in [0, 0.1) is 0 Å². The van der Waals surface area contributed by atoms with E-state index in [2.05, 4.69) is 26.1 Å². The number of carbonyl (C=O) groups is 1. The zero-order valence-corrected chi connectivity index (χ0v) is 14.1. The van der Waals surface area contributed by atoms with Crippen molar-refractivity contribution < 1.29 is 14.1 Å². The Morgan fingerprint density at radius 2 is 2.10 bits per heavy atom. The molecular weight excluding hydrogens is 356 g/mol. The van der Waals surface area contributed by atoms with Crippen molar-refractivity contribution in [2.45, 2.75) is 31.3 Å². The lowest BCUT2D eigenvalue weighted by Gasteiger charge is -2.02. The van der Waals surface area contributed by atoms with Crippen molar-refractivity contribution >= 4 is 33.7 Å². The van der Waals surface area contributed by atoms with Crippen molar-refractivity contribution in [3.63, 3.8) is 0 Å². The first-order valence-electron chi connectivity index (χ1n) is 6.41. The van der Waals surface area contributed by atoms with Gasteiger partial charge in [-0.2, -0.15) is 4.98 Å². The molecule has 5 nitrogen and oxygen atoms in total. The Balaban J connectivity index is 1.75. The highest BCUT2D eigenvalue weighted by molar-refractivity contribution is 9.10. The van der Waals surface area contributed by atoms with Crippen LogP contribution in [0.15, 0.2) is 38.2 Å². The Labute approximate surface area is 135 Å². The first-order chi connectivity index (χ1) is 10.0. The maximum Gasteiger partial charge on any atom is 0.316 e. The van der Waals surface area contributed by atoms with E-state index >= 15 is 0 Å². The van der Waals surface area contributed by atoms with Gasteiger partial charge in [0.25, 0.3) is 5.89 Å². The van der Waals surface area contributed by atoms with Gasteiger partial charge in [-0.3, -0.25) is 4.79 Å². The third kappa shape index (κ3) is 5.17. The quantitative estimate of drug-likeness (QED) is 0.569. The van der Waals surface area contributed by atoms with E-state index < -0.39 is 0 Å². The minimum atomic E-state index is -0.313. The molecule has 0 N–H and O–H groups in total. The molecule has 1 aromatic carbocycles. The number of carbonyl (C=O) groups excluding carboxylic acids is 1. The van der Waals surface area contributed by atoms with Gasteiger partial charge in [0, 0.05) is 15.3 Å². The van der Waals surface area contributed by atoms with Crippen molar-refractivity contribution in [1.82, 2.24) is 10.1 Å². The number of ether oxygens (including phenoxy) is 1. The molecule has 1 aromatic heterocycles. The molecule has 0 unspecified atom stereocenters. The number of benzene rings is 1. The van der Waals surface area contributed by atoms with Crippen LogP contribution in [0.25, 0.3) is 0 Å². The molecule has 0 atom stereocenters. The molecule has 0 aliphatic rings. The van der Waals surface area contributed by atoms with E-state index in [1.807, 2.05) is 38.1 Å². The van der Waals surface area contributed by atoms with Crippen molar-refractivity contribution in [3.05, 3.63) is 40.5 Å². The number of hydrogen-bond donors (Lipinski definition) is 0. The Kier molecular flexibility index (Phi) is 5.81. The topological polar surface area (TPSA) is 65.2 Å². The van der Waals surface area contributed by atoms with Gasteiger partial charge in [0.15, 0.2) is 12.4 Å². The van der Waals surface area contributed by atoms with Crippen LogP contribution < -0.4 is 0 Å². The fourth-order valence-corrected chi connectivity index (χ4v) is 2.38. The predicted octanol–water partition coefficient (Wildman–Crippen LogP) is 3.79. The number of aromatic nitrogens is 2. The molecule has 0 radical (unpaired) electrons. The highest BCUT2D eigenvalue weighted by Gasteiger charge is 2.12. The molecule has 2 aromatic rings. The van der Waals surface area contributed by atoms with Crippen LogP contribution in [-0.4, -0.2) is 21.9 Å². The average Bonchev–Trinajstić information content (AvgIpc) is 2.93. The molecule has 0 saturated heterocycles. The van der Waals surface area contributed by atoms with Gasteiger partial charge in [-0.1, -0.05) is 34.9 Å². The Bertz CT molecular complexity index is 599. The number of rotatable bonds is 6. The van der Waals surface area contributed by atoms with Crippen LogP contribution >= 0.6 is 27.7 Å². The summed E-state index contributed by atoms with van der Waals surface area (Å²) in [5.41, 5.74) is 0. The van der Waals surface area contributed by atoms with E-state index in [-0.39, 0.29) is 24.2 Å². The van der Waals surface area contributed by atoms with E-state index in [4.69, 9.17) is 9.26 Å². The second kappa shape index (κ2) is 7.61. The van der Waals surface area contributed by atoms with Crippen molar-refractivity contribution in [2.75, 3.05) is 5.75 Å². The van der Waals surface area contributed by atoms with Crippen molar-refractivity contribution in [2.24, 2.45) is 0 Å². The first-order valence-corrected chi connectivity index (χ1v) is 8.19. The van der Waals surface area contributed by atoms with Crippen LogP contribution in [0.3, 0.4) is 0 Å². The van der Waals surface area contributed by atoms with Gasteiger partial charge in [0.05, 0.1) is 5.75 Å². The zero-order chi connectivity index (χ0) is 15.2. The van der Waals surface area contributed by atoms with Crippen LogP contribution in [0.4, 0.5) is 0 Å². The lowest BCUT2D eigenvalue weighted by Crippen LogP contribution is -2.07. The highest BCUT2D eigenvalue weighted by Crippen LogP contribution is 2.20. The van der Waals surface area contributed by atoms with E-state index in [0.717, 1.165) is 9.37 Å². The van der Waals surface area contributed by atoms with E-state index in [1.54, 1.807) is 0 Å². The molecule has 21 heavy (non-hydrogen) atoms. The number of hydrogen-bond acceptors (Lipinski definition) is 6. The summed E-state index contributed by atoms with van der Waals surface area (Å²) in [4.78, 5) is 16.8. The third-order valence-electron chi connectivity index (χ3n) is 2.53. The van der Waals surface area contributed by atoms with E-state index in [0.29, 0.717) is 11.7 Å². The molecule has 0 saturated carbocycles. The van der Waals surface area contributed by atoms with Gasteiger partial charge in [0.1, 0.15) is 0 Å². The Hall–Kier alpha value is -1.34. The molecule has 1 heterocycles. The molecule has 0 amide bonds. The number of nitrogens with zero attached hydrogens (tertiary/aromatic N) is 2. The summed E-state index contributed by atoms with van der Waals surface area (Å²) >= 11 is 4.78. The molecule has 112 valence electrons. The lowest BCUT2D eigenvalue weighted by atomic mass is 10.2. The fraction of sp³-hybridized carbons (Fsp3) is 0.357. The summed E-state index contributed by atoms with van der Waals surface area (Å²) in [6.07, 6.45) is 0. The normalized spacial score (nSPS) is 10.9. The van der Waals surface area contributed by atoms with Gasteiger partial charge < -0.3 is 9.26 Å². The van der Waals surface area contributed by atoms with Crippen LogP contribution in [0.2, 0.25) is 0 Å². The molecule has 0 fully saturated rings. The van der Waals surface area contributed by atoms with Gasteiger partial charge in [-0.15, -0.1) is 11.8 Å². The SMILES string of the molecule is CC(C)c1noc(COC(=O)CSc2ccc(Br)cc2)n1. The van der Waals surface area contributed by atoms with Crippen LogP contribution in [0.5, 0.6) is 0 Å².